The summed E-state index contributed by atoms with van der Waals surface area (Å²) in [6.07, 6.45) is 1.54. The van der Waals surface area contributed by atoms with Gasteiger partial charge in [0.2, 0.25) is 0 Å². The van der Waals surface area contributed by atoms with Crippen LogP contribution >= 0.6 is 15.9 Å². The number of nitrogens with zero attached hydrogens (tertiary/aromatic N) is 3. The number of aromatic nitrogens is 1. The summed E-state index contributed by atoms with van der Waals surface area (Å²) in [7, 11) is 3.62. The van der Waals surface area contributed by atoms with Crippen molar-refractivity contribution in [3.05, 3.63) is 85.6 Å². The van der Waals surface area contributed by atoms with Crippen LogP contribution in [-0.4, -0.2) is 42.5 Å². The van der Waals surface area contributed by atoms with E-state index in [9.17, 15) is 9.59 Å². The molecule has 0 aliphatic heterocycles. The van der Waals surface area contributed by atoms with Crippen LogP contribution in [0.1, 0.15) is 34.0 Å². The summed E-state index contributed by atoms with van der Waals surface area (Å²) in [5.74, 6) is 0.262. The number of pyridine rings is 1. The molecule has 1 aromatic heterocycles. The molecule has 3 rings (SSSR count). The topological polar surface area (TPSA) is 73.1 Å². The van der Waals surface area contributed by atoms with E-state index >= 15 is 0 Å². The fraction of sp³-hybridized carbons (Fsp3) is 0.269. The molecular formula is C26H28BrN3O4. The number of esters is 1. The molecule has 0 aliphatic rings. The molecule has 8 heteroatoms. The fourth-order valence-electron chi connectivity index (χ4n) is 3.49. The number of hydrogen-bond donors (Lipinski definition) is 0. The van der Waals surface area contributed by atoms with Crippen molar-refractivity contribution in [1.82, 2.24) is 9.47 Å². The number of aryl methyl sites for hydroxylation is 1. The average molecular weight is 526 g/mol. The summed E-state index contributed by atoms with van der Waals surface area (Å²) in [6, 6.07) is 15.1. The minimum Gasteiger partial charge on any atom is -0.489 e. The Hall–Kier alpha value is -3.39. The first kappa shape index (κ1) is 25.2. The third-order valence-corrected chi connectivity index (χ3v) is 5.65. The van der Waals surface area contributed by atoms with Gasteiger partial charge in [-0.3, -0.25) is 9.36 Å². The zero-order chi connectivity index (χ0) is 24.8. The molecule has 0 saturated heterocycles. The lowest BCUT2D eigenvalue weighted by Gasteiger charge is -2.20. The number of rotatable bonds is 8. The van der Waals surface area contributed by atoms with Crippen LogP contribution in [0.15, 0.2) is 62.8 Å². The summed E-state index contributed by atoms with van der Waals surface area (Å²) >= 11 is 3.32. The lowest BCUT2D eigenvalue weighted by molar-refractivity contribution is 0.0526. The predicted molar refractivity (Wildman–Crippen MR) is 138 cm³/mol. The predicted octanol–water partition coefficient (Wildman–Crippen LogP) is 5.19. The van der Waals surface area contributed by atoms with Crippen LogP contribution < -0.4 is 10.3 Å². The molecule has 7 nitrogen and oxygen atoms in total. The molecule has 0 spiro atoms. The largest absolute Gasteiger partial charge is 0.489 e. The quantitative estimate of drug-likeness (QED) is 0.229. The molecule has 2 aromatic carbocycles. The lowest BCUT2D eigenvalue weighted by Crippen LogP contribution is -2.24. The fourth-order valence-corrected chi connectivity index (χ4v) is 3.90. The maximum absolute atomic E-state index is 13.4. The highest BCUT2D eigenvalue weighted by atomic mass is 79.9. The standard InChI is InChI=1S/C26H28BrN3O4/c1-6-33-26(32)20-14-21(27)25(31)30(24(20)28-16-29(4)5)23-17(2)12-13-22(18(23)3)34-15-19-10-8-7-9-11-19/h7-14,16H,6,15H2,1-5H3. The van der Waals surface area contributed by atoms with E-state index < -0.39 is 5.97 Å². The van der Waals surface area contributed by atoms with E-state index in [0.29, 0.717) is 18.0 Å². The monoisotopic (exact) mass is 525 g/mol. The van der Waals surface area contributed by atoms with Crippen molar-refractivity contribution < 1.29 is 14.3 Å². The summed E-state index contributed by atoms with van der Waals surface area (Å²) in [6.45, 7) is 6.11. The van der Waals surface area contributed by atoms with E-state index in [1.54, 1.807) is 18.2 Å². The molecule has 34 heavy (non-hydrogen) atoms. The van der Waals surface area contributed by atoms with Crippen LogP contribution in [0.5, 0.6) is 5.75 Å². The number of benzene rings is 2. The molecule has 0 unspecified atom stereocenters. The molecule has 0 N–H and O–H groups in total. The van der Waals surface area contributed by atoms with Crippen molar-refractivity contribution in [2.24, 2.45) is 4.99 Å². The lowest BCUT2D eigenvalue weighted by atomic mass is 10.1. The second-order valence-corrected chi connectivity index (χ2v) is 8.78. The zero-order valence-corrected chi connectivity index (χ0v) is 21.5. The molecule has 0 radical (unpaired) electrons. The molecule has 178 valence electrons. The highest BCUT2D eigenvalue weighted by Gasteiger charge is 2.23. The van der Waals surface area contributed by atoms with Crippen molar-refractivity contribution in [2.75, 3.05) is 20.7 Å². The molecule has 0 bridgehead atoms. The van der Waals surface area contributed by atoms with E-state index in [1.807, 2.05) is 70.4 Å². The van der Waals surface area contributed by atoms with Gasteiger partial charge < -0.3 is 14.4 Å². The number of carbonyl (C=O) groups excluding carboxylic acids is 1. The third kappa shape index (κ3) is 5.56. The van der Waals surface area contributed by atoms with Gasteiger partial charge in [-0.05, 0) is 60.0 Å². The molecule has 1 heterocycles. The first-order valence-corrected chi connectivity index (χ1v) is 11.6. The van der Waals surface area contributed by atoms with Gasteiger partial charge in [-0.25, -0.2) is 9.79 Å². The smallest absolute Gasteiger partial charge is 0.341 e. The van der Waals surface area contributed by atoms with Gasteiger partial charge in [0, 0.05) is 19.7 Å². The number of hydrogen-bond acceptors (Lipinski definition) is 5. The van der Waals surface area contributed by atoms with E-state index in [0.717, 1.165) is 16.7 Å². The molecule has 0 atom stereocenters. The zero-order valence-electron chi connectivity index (χ0n) is 20.0. The Morgan fingerprint density at radius 1 is 1.15 bits per heavy atom. The van der Waals surface area contributed by atoms with Gasteiger partial charge in [-0.1, -0.05) is 36.4 Å². The van der Waals surface area contributed by atoms with Gasteiger partial charge in [0.15, 0.2) is 5.82 Å². The minimum absolute atomic E-state index is 0.181. The Kier molecular flexibility index (Phi) is 8.28. The van der Waals surface area contributed by atoms with Gasteiger partial charge in [0.25, 0.3) is 5.56 Å². The summed E-state index contributed by atoms with van der Waals surface area (Å²) in [4.78, 5) is 32.4. The first-order chi connectivity index (χ1) is 16.2. The summed E-state index contributed by atoms with van der Waals surface area (Å²) in [5, 5.41) is 0. The molecule has 0 amide bonds. The van der Waals surface area contributed by atoms with Crippen LogP contribution in [0.25, 0.3) is 5.69 Å². The van der Waals surface area contributed by atoms with Gasteiger partial charge in [0.05, 0.1) is 23.1 Å². The normalized spacial score (nSPS) is 11.0. The highest BCUT2D eigenvalue weighted by molar-refractivity contribution is 9.10. The van der Waals surface area contributed by atoms with E-state index in [4.69, 9.17) is 9.47 Å². The van der Waals surface area contributed by atoms with Gasteiger partial charge in [0.1, 0.15) is 17.9 Å². The third-order valence-electron chi connectivity index (χ3n) is 5.08. The SMILES string of the molecule is CCOC(=O)c1cc(Br)c(=O)n(-c2c(C)ccc(OCc3ccccc3)c2C)c1N=CN(C)C. The van der Waals surface area contributed by atoms with Crippen molar-refractivity contribution in [3.63, 3.8) is 0 Å². The second kappa shape index (κ2) is 11.2. The summed E-state index contributed by atoms with van der Waals surface area (Å²) < 4.78 is 13.0. The Morgan fingerprint density at radius 3 is 2.50 bits per heavy atom. The Labute approximate surface area is 207 Å². The van der Waals surface area contributed by atoms with Crippen LogP contribution in [0.3, 0.4) is 0 Å². The van der Waals surface area contributed by atoms with Crippen molar-refractivity contribution >= 4 is 34.1 Å². The second-order valence-electron chi connectivity index (χ2n) is 7.93. The van der Waals surface area contributed by atoms with Crippen molar-refractivity contribution in [1.29, 1.82) is 0 Å². The number of aliphatic imine (C=N–C) groups is 1. The first-order valence-electron chi connectivity index (χ1n) is 10.8. The Balaban J connectivity index is 2.23. The maximum Gasteiger partial charge on any atom is 0.341 e. The number of carbonyl (C=O) groups is 1. The minimum atomic E-state index is -0.561. The van der Waals surface area contributed by atoms with Crippen LogP contribution in [0.2, 0.25) is 0 Å². The van der Waals surface area contributed by atoms with Crippen LogP contribution in [-0.2, 0) is 11.3 Å². The van der Waals surface area contributed by atoms with Crippen molar-refractivity contribution in [2.45, 2.75) is 27.4 Å². The number of halogens is 1. The average Bonchev–Trinajstić information content (AvgIpc) is 2.81. The summed E-state index contributed by atoms with van der Waals surface area (Å²) in [5.41, 5.74) is 3.07. The van der Waals surface area contributed by atoms with Crippen LogP contribution in [0, 0.1) is 13.8 Å². The van der Waals surface area contributed by atoms with E-state index in [2.05, 4.69) is 20.9 Å². The highest BCUT2D eigenvalue weighted by Crippen LogP contribution is 2.33. The van der Waals surface area contributed by atoms with Crippen molar-refractivity contribution in [3.8, 4) is 11.4 Å². The van der Waals surface area contributed by atoms with E-state index in [-0.39, 0.29) is 28.0 Å². The molecular weight excluding hydrogens is 498 g/mol. The van der Waals surface area contributed by atoms with Gasteiger partial charge in [-0.15, -0.1) is 0 Å². The molecule has 0 aliphatic carbocycles. The maximum atomic E-state index is 13.4. The number of ether oxygens (including phenoxy) is 2. The molecule has 0 fully saturated rings. The Morgan fingerprint density at radius 2 is 1.85 bits per heavy atom. The van der Waals surface area contributed by atoms with E-state index in [1.165, 1.54) is 10.6 Å². The van der Waals surface area contributed by atoms with Gasteiger partial charge in [-0.2, -0.15) is 0 Å². The molecule has 3 aromatic rings. The Bertz CT molecular complexity index is 1270. The molecule has 0 saturated carbocycles. The van der Waals surface area contributed by atoms with Crippen LogP contribution in [0.4, 0.5) is 5.82 Å². The van der Waals surface area contributed by atoms with Gasteiger partial charge >= 0.3 is 5.97 Å².